The van der Waals surface area contributed by atoms with E-state index in [-0.39, 0.29) is 23.6 Å². The van der Waals surface area contributed by atoms with Crippen LogP contribution in [0.25, 0.3) is 0 Å². The summed E-state index contributed by atoms with van der Waals surface area (Å²) in [7, 11) is 0. The number of rotatable bonds is 3. The number of piperazine rings is 1. The quantitative estimate of drug-likeness (QED) is 0.783. The third-order valence-corrected chi connectivity index (χ3v) is 5.11. The van der Waals surface area contributed by atoms with Gasteiger partial charge in [-0.05, 0) is 18.6 Å². The van der Waals surface area contributed by atoms with Crippen molar-refractivity contribution in [1.29, 1.82) is 0 Å². The first-order valence-electron chi connectivity index (χ1n) is 9.48. The minimum atomic E-state index is -1.86. The molecule has 0 saturated carbocycles. The molecule has 0 spiro atoms. The summed E-state index contributed by atoms with van der Waals surface area (Å²) in [6.07, 6.45) is 1.54. The number of carbonyl (C=O) groups is 2. The van der Waals surface area contributed by atoms with Crippen LogP contribution in [0.15, 0.2) is 58.8 Å². The third-order valence-electron chi connectivity index (χ3n) is 5.11. The van der Waals surface area contributed by atoms with E-state index in [1.54, 1.807) is 52.3 Å². The molecule has 1 fully saturated rings. The number of guanidine groups is 1. The van der Waals surface area contributed by atoms with Crippen molar-refractivity contribution < 1.29 is 14.0 Å². The third kappa shape index (κ3) is 3.80. The maximum atomic E-state index is 14.4. The van der Waals surface area contributed by atoms with E-state index in [1.807, 2.05) is 17.9 Å². The highest BCUT2D eigenvalue weighted by atomic mass is 19.1. The number of hydrogen-bond donors (Lipinski definition) is 0. The van der Waals surface area contributed by atoms with Crippen LogP contribution in [0.5, 0.6) is 0 Å². The molecule has 2 atom stereocenters. The van der Waals surface area contributed by atoms with Crippen molar-refractivity contribution >= 4 is 23.5 Å². The fourth-order valence-electron chi connectivity index (χ4n) is 3.44. The van der Waals surface area contributed by atoms with Gasteiger partial charge in [-0.1, -0.05) is 30.3 Å². The minimum Gasteiger partial charge on any atom is -0.337 e. The van der Waals surface area contributed by atoms with Crippen LogP contribution in [-0.4, -0.2) is 75.4 Å². The lowest BCUT2D eigenvalue weighted by atomic mass is 10.0. The molecule has 0 radical (unpaired) electrons. The van der Waals surface area contributed by atoms with E-state index in [2.05, 4.69) is 15.1 Å². The second-order valence-electron chi connectivity index (χ2n) is 6.95. The lowest BCUT2D eigenvalue weighted by Gasteiger charge is -2.37. The molecular weight excluding hydrogens is 375 g/mol. The number of aromatic nitrogens is 2. The summed E-state index contributed by atoms with van der Waals surface area (Å²) in [5, 5.41) is 4.12. The van der Waals surface area contributed by atoms with Crippen molar-refractivity contribution in [2.24, 2.45) is 9.98 Å². The number of aliphatic imine (C=N–C) groups is 2. The summed E-state index contributed by atoms with van der Waals surface area (Å²) in [4.78, 5) is 36.5. The lowest BCUT2D eigenvalue weighted by Crippen LogP contribution is -2.52. The molecule has 4 rings (SSSR count). The van der Waals surface area contributed by atoms with Crippen LogP contribution in [0.1, 0.15) is 18.5 Å². The van der Waals surface area contributed by atoms with Gasteiger partial charge in [-0.15, -0.1) is 0 Å². The van der Waals surface area contributed by atoms with Gasteiger partial charge in [0.05, 0.1) is 5.71 Å². The van der Waals surface area contributed by atoms with Gasteiger partial charge in [-0.3, -0.25) is 14.3 Å². The Morgan fingerprint density at radius 1 is 1.10 bits per heavy atom. The SMILES string of the molecule is CC(C(=O)N1CCN(C2=NC(=O)C(F)C(c3ccccc3)=N2)CC1)n1cccn1. The van der Waals surface area contributed by atoms with Crippen LogP contribution in [-0.2, 0) is 9.59 Å². The van der Waals surface area contributed by atoms with Gasteiger partial charge in [-0.25, -0.2) is 9.38 Å². The van der Waals surface area contributed by atoms with Gasteiger partial charge in [-0.2, -0.15) is 10.1 Å². The summed E-state index contributed by atoms with van der Waals surface area (Å²) in [5.41, 5.74) is 0.633. The Hall–Kier alpha value is -3.36. The number of amides is 2. The molecule has 150 valence electrons. The normalized spacial score (nSPS) is 20.9. The zero-order chi connectivity index (χ0) is 20.4. The Labute approximate surface area is 167 Å². The highest BCUT2D eigenvalue weighted by Gasteiger charge is 2.33. The highest BCUT2D eigenvalue weighted by Crippen LogP contribution is 2.17. The summed E-state index contributed by atoms with van der Waals surface area (Å²) >= 11 is 0. The number of benzene rings is 1. The Kier molecular flexibility index (Phi) is 5.20. The monoisotopic (exact) mass is 396 g/mol. The molecule has 3 heterocycles. The van der Waals surface area contributed by atoms with E-state index < -0.39 is 12.1 Å². The Balaban J connectivity index is 1.45. The zero-order valence-electron chi connectivity index (χ0n) is 16.0. The van der Waals surface area contributed by atoms with Crippen molar-refractivity contribution in [3.63, 3.8) is 0 Å². The van der Waals surface area contributed by atoms with Gasteiger partial charge in [0, 0.05) is 38.6 Å². The van der Waals surface area contributed by atoms with Crippen molar-refractivity contribution in [1.82, 2.24) is 19.6 Å². The van der Waals surface area contributed by atoms with Crippen LogP contribution in [0.3, 0.4) is 0 Å². The summed E-state index contributed by atoms with van der Waals surface area (Å²) in [6.45, 7) is 3.67. The van der Waals surface area contributed by atoms with E-state index >= 15 is 0 Å². The van der Waals surface area contributed by atoms with Gasteiger partial charge in [0.15, 0.2) is 0 Å². The molecule has 1 saturated heterocycles. The van der Waals surface area contributed by atoms with Crippen LogP contribution >= 0.6 is 0 Å². The van der Waals surface area contributed by atoms with Gasteiger partial charge in [0.25, 0.3) is 5.91 Å². The summed E-state index contributed by atoms with van der Waals surface area (Å²) < 4.78 is 16.0. The average molecular weight is 396 g/mol. The Morgan fingerprint density at radius 2 is 1.83 bits per heavy atom. The zero-order valence-corrected chi connectivity index (χ0v) is 16.0. The molecule has 2 aliphatic rings. The Bertz CT molecular complexity index is 949. The first-order chi connectivity index (χ1) is 14.0. The second kappa shape index (κ2) is 7.94. The smallest absolute Gasteiger partial charge is 0.289 e. The number of hydrogen-bond acceptors (Lipinski definition) is 5. The summed E-state index contributed by atoms with van der Waals surface area (Å²) in [6, 6.07) is 10.2. The van der Waals surface area contributed by atoms with Gasteiger partial charge >= 0.3 is 0 Å². The molecule has 8 nitrogen and oxygen atoms in total. The molecule has 29 heavy (non-hydrogen) atoms. The van der Waals surface area contributed by atoms with E-state index in [1.165, 1.54) is 0 Å². The molecule has 1 aromatic carbocycles. The number of carbonyl (C=O) groups excluding carboxylic acids is 2. The van der Waals surface area contributed by atoms with E-state index in [0.29, 0.717) is 31.7 Å². The molecule has 0 aliphatic carbocycles. The fourth-order valence-corrected chi connectivity index (χ4v) is 3.44. The predicted octanol–water partition coefficient (Wildman–Crippen LogP) is 1.31. The van der Waals surface area contributed by atoms with Gasteiger partial charge in [0.2, 0.25) is 18.0 Å². The van der Waals surface area contributed by atoms with Crippen molar-refractivity contribution in [2.75, 3.05) is 26.2 Å². The standard InChI is InChI=1S/C20H21FN6O2/c1-14(27-9-5-8-22-27)19(29)25-10-12-26(13-11-25)20-23-17(16(21)18(28)24-20)15-6-3-2-4-7-15/h2-9,14,16H,10-13H2,1H3. The average Bonchev–Trinajstić information content (AvgIpc) is 3.30. The van der Waals surface area contributed by atoms with Crippen molar-refractivity contribution in [3.05, 3.63) is 54.4 Å². The lowest BCUT2D eigenvalue weighted by molar-refractivity contribution is -0.136. The maximum Gasteiger partial charge on any atom is 0.289 e. The highest BCUT2D eigenvalue weighted by molar-refractivity contribution is 6.23. The van der Waals surface area contributed by atoms with Crippen LogP contribution < -0.4 is 0 Å². The number of nitrogens with zero attached hydrogens (tertiary/aromatic N) is 6. The number of halogens is 1. The van der Waals surface area contributed by atoms with Crippen LogP contribution in [0.2, 0.25) is 0 Å². The molecule has 0 bridgehead atoms. The van der Waals surface area contributed by atoms with Gasteiger partial charge < -0.3 is 9.80 Å². The molecule has 2 aromatic rings. The molecule has 2 unspecified atom stereocenters. The van der Waals surface area contributed by atoms with Crippen LogP contribution in [0.4, 0.5) is 4.39 Å². The Morgan fingerprint density at radius 3 is 2.48 bits per heavy atom. The largest absolute Gasteiger partial charge is 0.337 e. The van der Waals surface area contributed by atoms with Gasteiger partial charge in [0.1, 0.15) is 6.04 Å². The molecular formula is C20H21FN6O2. The minimum absolute atomic E-state index is 0.0210. The van der Waals surface area contributed by atoms with Crippen LogP contribution in [0, 0.1) is 0 Å². The van der Waals surface area contributed by atoms with Crippen molar-refractivity contribution in [2.45, 2.75) is 19.1 Å². The van der Waals surface area contributed by atoms with E-state index in [0.717, 1.165) is 0 Å². The predicted molar refractivity (Wildman–Crippen MR) is 105 cm³/mol. The topological polar surface area (TPSA) is 83.2 Å². The first-order valence-corrected chi connectivity index (χ1v) is 9.48. The second-order valence-corrected chi connectivity index (χ2v) is 6.95. The fraction of sp³-hybridized carbons (Fsp3) is 0.350. The summed E-state index contributed by atoms with van der Waals surface area (Å²) in [5.74, 6) is -0.665. The molecule has 2 amide bonds. The van der Waals surface area contributed by atoms with E-state index in [4.69, 9.17) is 0 Å². The molecule has 2 aliphatic heterocycles. The van der Waals surface area contributed by atoms with Crippen molar-refractivity contribution in [3.8, 4) is 0 Å². The molecule has 1 aromatic heterocycles. The number of alkyl halides is 1. The maximum absolute atomic E-state index is 14.4. The molecule has 0 N–H and O–H groups in total. The molecule has 9 heteroatoms. The van der Waals surface area contributed by atoms with E-state index in [9.17, 15) is 14.0 Å². The first kappa shape index (κ1) is 19.0.